The Hall–Kier alpha value is -0.360. The van der Waals surface area contributed by atoms with Crippen LogP contribution in [0, 0.1) is 0 Å². The molecule has 0 saturated heterocycles. The Morgan fingerprint density at radius 2 is 0.933 bits per heavy atom. The SMILES string of the molecule is NN.O.OCC(O)C(O)C(O)C(O)CO. The Morgan fingerprint density at radius 3 is 1.07 bits per heavy atom. The number of nitrogens with two attached hydrogens (primary N) is 2. The zero-order valence-electron chi connectivity index (χ0n) is 8.06. The van der Waals surface area contributed by atoms with Gasteiger partial charge in [0.25, 0.3) is 0 Å². The van der Waals surface area contributed by atoms with Crippen LogP contribution >= 0.6 is 0 Å². The molecule has 0 saturated carbocycles. The van der Waals surface area contributed by atoms with Crippen molar-refractivity contribution >= 4 is 0 Å². The highest BCUT2D eigenvalue weighted by Gasteiger charge is 2.29. The molecular weight excluding hydrogens is 212 g/mol. The average Bonchev–Trinajstić information content (AvgIpc) is 2.27. The number of aliphatic hydroxyl groups excluding tert-OH is 6. The van der Waals surface area contributed by atoms with Crippen LogP contribution in [-0.2, 0) is 0 Å². The molecule has 0 aromatic rings. The van der Waals surface area contributed by atoms with Gasteiger partial charge in [0.2, 0.25) is 0 Å². The van der Waals surface area contributed by atoms with E-state index in [1.54, 1.807) is 0 Å². The number of hydrogen-bond donors (Lipinski definition) is 8. The quantitative estimate of drug-likeness (QED) is 0.169. The van der Waals surface area contributed by atoms with Crippen LogP contribution in [0.15, 0.2) is 0 Å². The maximum Gasteiger partial charge on any atom is 0.111 e. The molecule has 0 aliphatic heterocycles. The van der Waals surface area contributed by atoms with Crippen LogP contribution in [0.25, 0.3) is 0 Å². The van der Waals surface area contributed by atoms with Gasteiger partial charge in [0, 0.05) is 0 Å². The van der Waals surface area contributed by atoms with E-state index in [-0.39, 0.29) is 5.48 Å². The van der Waals surface area contributed by atoms with Gasteiger partial charge in [-0.3, -0.25) is 11.7 Å². The van der Waals surface area contributed by atoms with Crippen molar-refractivity contribution in [1.82, 2.24) is 0 Å². The van der Waals surface area contributed by atoms with Crippen LogP contribution in [-0.4, -0.2) is 73.7 Å². The summed E-state index contributed by atoms with van der Waals surface area (Å²) < 4.78 is 0. The lowest BCUT2D eigenvalue weighted by Gasteiger charge is -2.24. The van der Waals surface area contributed by atoms with E-state index in [1.165, 1.54) is 0 Å². The molecular formula is C6H20N2O7. The molecule has 0 aliphatic rings. The molecule has 12 N–H and O–H groups in total. The van der Waals surface area contributed by atoms with Gasteiger partial charge in [-0.05, 0) is 0 Å². The molecule has 4 unspecified atom stereocenters. The second kappa shape index (κ2) is 11.7. The molecule has 0 aromatic heterocycles. The van der Waals surface area contributed by atoms with E-state index in [1.807, 2.05) is 0 Å². The van der Waals surface area contributed by atoms with Gasteiger partial charge in [-0.2, -0.15) is 0 Å². The van der Waals surface area contributed by atoms with E-state index < -0.39 is 37.6 Å². The first kappa shape index (κ1) is 20.1. The zero-order valence-corrected chi connectivity index (χ0v) is 8.06. The number of aliphatic hydroxyl groups is 6. The third-order valence-corrected chi connectivity index (χ3v) is 1.51. The monoisotopic (exact) mass is 232 g/mol. The molecule has 0 fully saturated rings. The van der Waals surface area contributed by atoms with Crippen molar-refractivity contribution in [2.75, 3.05) is 13.2 Å². The van der Waals surface area contributed by atoms with Gasteiger partial charge >= 0.3 is 0 Å². The fourth-order valence-corrected chi connectivity index (χ4v) is 0.671. The highest BCUT2D eigenvalue weighted by atomic mass is 16.4. The van der Waals surface area contributed by atoms with Crippen LogP contribution in [0.1, 0.15) is 0 Å². The molecule has 0 aliphatic carbocycles. The second-order valence-corrected chi connectivity index (χ2v) is 2.48. The third-order valence-electron chi connectivity index (χ3n) is 1.51. The topological polar surface area (TPSA) is 205 Å². The lowest BCUT2D eigenvalue weighted by molar-refractivity contribution is -0.123. The van der Waals surface area contributed by atoms with Gasteiger partial charge in [0.05, 0.1) is 13.2 Å². The zero-order chi connectivity index (χ0) is 11.7. The van der Waals surface area contributed by atoms with Gasteiger partial charge in [-0.1, -0.05) is 0 Å². The first-order valence-electron chi connectivity index (χ1n) is 3.82. The average molecular weight is 232 g/mol. The summed E-state index contributed by atoms with van der Waals surface area (Å²) in [6, 6.07) is 0. The minimum atomic E-state index is -1.67. The number of rotatable bonds is 5. The Balaban J connectivity index is -0.000000449. The molecule has 0 amide bonds. The minimum absolute atomic E-state index is 0. The van der Waals surface area contributed by atoms with Crippen LogP contribution in [0.5, 0.6) is 0 Å². The summed E-state index contributed by atoms with van der Waals surface area (Å²) in [6.07, 6.45) is -6.39. The van der Waals surface area contributed by atoms with Crippen molar-refractivity contribution in [1.29, 1.82) is 0 Å². The summed E-state index contributed by atoms with van der Waals surface area (Å²) in [5.41, 5.74) is 0. The van der Waals surface area contributed by atoms with Crippen molar-refractivity contribution in [3.05, 3.63) is 0 Å². The van der Waals surface area contributed by atoms with E-state index >= 15 is 0 Å². The third kappa shape index (κ3) is 7.56. The fourth-order valence-electron chi connectivity index (χ4n) is 0.671. The molecule has 0 spiro atoms. The summed E-state index contributed by atoms with van der Waals surface area (Å²) in [4.78, 5) is 0. The smallest absolute Gasteiger partial charge is 0.111 e. The summed E-state index contributed by atoms with van der Waals surface area (Å²) >= 11 is 0. The van der Waals surface area contributed by atoms with E-state index in [4.69, 9.17) is 30.6 Å². The van der Waals surface area contributed by atoms with Crippen LogP contribution < -0.4 is 11.7 Å². The van der Waals surface area contributed by atoms with Crippen LogP contribution in [0.3, 0.4) is 0 Å². The summed E-state index contributed by atoms with van der Waals surface area (Å²) in [7, 11) is 0. The summed E-state index contributed by atoms with van der Waals surface area (Å²) in [5.74, 6) is 8.00. The Bertz CT molecular complexity index is 114. The van der Waals surface area contributed by atoms with E-state index in [0.29, 0.717) is 0 Å². The van der Waals surface area contributed by atoms with Gasteiger partial charge in [-0.25, -0.2) is 0 Å². The Morgan fingerprint density at radius 1 is 0.733 bits per heavy atom. The molecule has 0 aromatic carbocycles. The predicted molar refractivity (Wildman–Crippen MR) is 50.2 cm³/mol. The van der Waals surface area contributed by atoms with E-state index in [2.05, 4.69) is 11.7 Å². The highest BCUT2D eigenvalue weighted by molar-refractivity contribution is 4.79. The molecule has 0 heterocycles. The first-order valence-corrected chi connectivity index (χ1v) is 3.82. The van der Waals surface area contributed by atoms with E-state index in [9.17, 15) is 0 Å². The van der Waals surface area contributed by atoms with Crippen molar-refractivity contribution in [2.45, 2.75) is 24.4 Å². The molecule has 9 heteroatoms. The molecule has 0 rings (SSSR count). The van der Waals surface area contributed by atoms with Crippen molar-refractivity contribution in [3.8, 4) is 0 Å². The number of hydrogen-bond acceptors (Lipinski definition) is 8. The van der Waals surface area contributed by atoms with E-state index in [0.717, 1.165) is 0 Å². The summed E-state index contributed by atoms with van der Waals surface area (Å²) in [5, 5.41) is 52.2. The van der Waals surface area contributed by atoms with Crippen molar-refractivity contribution in [3.63, 3.8) is 0 Å². The Kier molecular flexibility index (Phi) is 15.7. The lowest BCUT2D eigenvalue weighted by Crippen LogP contribution is -2.46. The Labute approximate surface area is 86.5 Å². The lowest BCUT2D eigenvalue weighted by atomic mass is 10.0. The van der Waals surface area contributed by atoms with Gasteiger partial charge in [-0.15, -0.1) is 0 Å². The van der Waals surface area contributed by atoms with Gasteiger partial charge in [0.15, 0.2) is 0 Å². The van der Waals surface area contributed by atoms with Crippen LogP contribution in [0.4, 0.5) is 0 Å². The number of hydrazine groups is 1. The molecule has 0 bridgehead atoms. The molecule has 9 nitrogen and oxygen atoms in total. The molecule has 0 radical (unpaired) electrons. The van der Waals surface area contributed by atoms with Crippen LogP contribution in [0.2, 0.25) is 0 Å². The van der Waals surface area contributed by atoms with Gasteiger partial charge < -0.3 is 36.1 Å². The summed E-state index contributed by atoms with van der Waals surface area (Å²) in [6.45, 7) is -1.45. The normalized spacial score (nSPS) is 17.6. The molecule has 4 atom stereocenters. The van der Waals surface area contributed by atoms with Gasteiger partial charge in [0.1, 0.15) is 24.4 Å². The largest absolute Gasteiger partial charge is 0.412 e. The minimum Gasteiger partial charge on any atom is -0.412 e. The van der Waals surface area contributed by atoms with Crippen molar-refractivity contribution < 1.29 is 36.1 Å². The fraction of sp³-hybridized carbons (Fsp3) is 1.00. The standard InChI is InChI=1S/C6H14O6.H4N2.H2O/c7-1-3(9)5(11)6(12)4(10)2-8;1-2;/h3-12H,1-2H2;1-2H2;1H2. The highest BCUT2D eigenvalue weighted by Crippen LogP contribution is 2.03. The second-order valence-electron chi connectivity index (χ2n) is 2.48. The first-order chi connectivity index (χ1) is 6.54. The maximum atomic E-state index is 8.96. The maximum absolute atomic E-state index is 8.96. The predicted octanol–water partition coefficient (Wildman–Crippen LogP) is -5.59. The molecule has 15 heavy (non-hydrogen) atoms. The van der Waals surface area contributed by atoms with Crippen molar-refractivity contribution in [2.24, 2.45) is 11.7 Å². The molecule has 96 valence electrons.